The normalized spacial score (nSPS) is 21.5. The molecule has 184 valence electrons. The number of ether oxygens (including phenoxy) is 1. The number of nitrogens with two attached hydrogens (primary N) is 1. The highest BCUT2D eigenvalue weighted by atomic mass is 35.5. The molecule has 0 bridgehead atoms. The van der Waals surface area contributed by atoms with Crippen LogP contribution >= 0.6 is 11.6 Å². The number of pyridine rings is 1. The average Bonchev–Trinajstić information content (AvgIpc) is 3.60. The zero-order valence-corrected chi connectivity index (χ0v) is 19.4. The molecule has 1 aliphatic heterocycles. The molecule has 1 aromatic carbocycles. The van der Waals surface area contributed by atoms with Gasteiger partial charge in [0.15, 0.2) is 0 Å². The number of carbonyl (C=O) groups excluding carboxylic acids is 1. The second-order valence-electron chi connectivity index (χ2n) is 8.97. The lowest BCUT2D eigenvalue weighted by Crippen LogP contribution is -2.45. The number of halogens is 5. The van der Waals surface area contributed by atoms with E-state index in [1.54, 1.807) is 6.07 Å². The molecule has 5 nitrogen and oxygen atoms in total. The molecule has 10 heteroatoms. The van der Waals surface area contributed by atoms with Crippen molar-refractivity contribution >= 4 is 17.5 Å². The fourth-order valence-corrected chi connectivity index (χ4v) is 4.84. The number of hydrogen-bond acceptors (Lipinski definition) is 4. The second-order valence-corrected chi connectivity index (χ2v) is 9.37. The Morgan fingerprint density at radius 2 is 2.00 bits per heavy atom. The lowest BCUT2D eigenvalue weighted by molar-refractivity contribution is -0.137. The number of amides is 1. The molecule has 1 saturated heterocycles. The molecule has 2 aromatic rings. The lowest BCUT2D eigenvalue weighted by atomic mass is 9.94. The first-order valence-corrected chi connectivity index (χ1v) is 11.7. The maximum atomic E-state index is 14.5. The van der Waals surface area contributed by atoms with Crippen molar-refractivity contribution in [2.45, 2.75) is 69.8 Å². The summed E-state index contributed by atoms with van der Waals surface area (Å²) >= 11 is 5.65. The first-order chi connectivity index (χ1) is 16.1. The van der Waals surface area contributed by atoms with Crippen LogP contribution in [0, 0.1) is 5.82 Å². The number of aromatic nitrogens is 1. The first-order valence-electron chi connectivity index (χ1n) is 11.3. The summed E-state index contributed by atoms with van der Waals surface area (Å²) < 4.78 is 59.8. The predicted octanol–water partition coefficient (Wildman–Crippen LogP) is 5.69. The van der Waals surface area contributed by atoms with Gasteiger partial charge in [0.2, 0.25) is 5.88 Å². The Morgan fingerprint density at radius 3 is 2.62 bits per heavy atom. The summed E-state index contributed by atoms with van der Waals surface area (Å²) in [5, 5.41) is -0.470. The van der Waals surface area contributed by atoms with E-state index in [0.717, 1.165) is 42.7 Å². The number of carbonyl (C=O) groups is 1. The van der Waals surface area contributed by atoms with E-state index in [1.807, 2.05) is 6.92 Å². The topological polar surface area (TPSA) is 68.4 Å². The van der Waals surface area contributed by atoms with Gasteiger partial charge in [-0.1, -0.05) is 18.5 Å². The van der Waals surface area contributed by atoms with Crippen LogP contribution in [-0.4, -0.2) is 34.5 Å². The smallest absolute Gasteiger partial charge is 0.418 e. The standard InChI is InChI=1S/C24H26ClF4N3O2/c1-2-15-8-16(34-22-10-19(24(27,28)29)20(25)11-31-22)5-6-32(15)12-14-7-21(26)18(23(30)33)9-17(14)13-3-4-13/h7,9-11,13,15-16H,2-6,8,12H2,1H3,(H2,30,33)/t15-,16-/m0/s1. The van der Waals surface area contributed by atoms with Crippen molar-refractivity contribution in [3.63, 3.8) is 0 Å². The SMILES string of the molecule is CC[C@H]1C[C@@H](Oc2cc(C(F)(F)F)c(Cl)cn2)CCN1Cc1cc(F)c(C(N)=O)cc1C1CC1. The van der Waals surface area contributed by atoms with E-state index in [-0.39, 0.29) is 23.6 Å². The number of benzene rings is 1. The number of likely N-dealkylation sites (tertiary alicyclic amines) is 1. The van der Waals surface area contributed by atoms with Crippen LogP contribution in [0.1, 0.15) is 72.0 Å². The van der Waals surface area contributed by atoms with Crippen molar-refractivity contribution in [1.29, 1.82) is 0 Å². The van der Waals surface area contributed by atoms with Gasteiger partial charge in [-0.25, -0.2) is 9.37 Å². The molecule has 2 atom stereocenters. The Kier molecular flexibility index (Phi) is 7.05. The van der Waals surface area contributed by atoms with Crippen LogP contribution in [0.25, 0.3) is 0 Å². The number of alkyl halides is 3. The van der Waals surface area contributed by atoms with Gasteiger partial charge in [-0.15, -0.1) is 0 Å². The molecule has 0 spiro atoms. The minimum Gasteiger partial charge on any atom is -0.474 e. The Labute approximate surface area is 200 Å². The molecule has 1 saturated carbocycles. The quantitative estimate of drug-likeness (QED) is 0.497. The Bertz CT molecular complexity index is 1070. The van der Waals surface area contributed by atoms with Gasteiger partial charge in [-0.3, -0.25) is 9.69 Å². The molecular formula is C24H26ClF4N3O2. The number of piperidine rings is 1. The van der Waals surface area contributed by atoms with Crippen molar-refractivity contribution < 1.29 is 27.1 Å². The van der Waals surface area contributed by atoms with Gasteiger partial charge in [-0.05, 0) is 61.3 Å². The van der Waals surface area contributed by atoms with Gasteiger partial charge in [0.05, 0.1) is 22.3 Å². The molecule has 1 aliphatic carbocycles. The van der Waals surface area contributed by atoms with E-state index in [4.69, 9.17) is 22.1 Å². The summed E-state index contributed by atoms with van der Waals surface area (Å²) in [5.74, 6) is -1.19. The van der Waals surface area contributed by atoms with E-state index < -0.39 is 28.5 Å². The third-order valence-electron chi connectivity index (χ3n) is 6.57. The maximum absolute atomic E-state index is 14.5. The highest BCUT2D eigenvalue weighted by molar-refractivity contribution is 6.31. The zero-order chi connectivity index (χ0) is 24.6. The summed E-state index contributed by atoms with van der Waals surface area (Å²) in [4.78, 5) is 17.7. The third kappa shape index (κ3) is 5.46. The van der Waals surface area contributed by atoms with Crippen LogP contribution in [0.4, 0.5) is 17.6 Å². The van der Waals surface area contributed by atoms with Crippen molar-refractivity contribution in [2.24, 2.45) is 5.73 Å². The molecule has 2 N–H and O–H groups in total. The molecule has 2 fully saturated rings. The maximum Gasteiger partial charge on any atom is 0.418 e. The summed E-state index contributed by atoms with van der Waals surface area (Å²) in [6.07, 6.45) is 0.0407. The predicted molar refractivity (Wildman–Crippen MR) is 119 cm³/mol. The Hall–Kier alpha value is -2.39. The summed E-state index contributed by atoms with van der Waals surface area (Å²) in [5.41, 5.74) is 6.08. The molecule has 2 heterocycles. The summed E-state index contributed by atoms with van der Waals surface area (Å²) in [6.45, 7) is 3.18. The molecule has 1 aromatic heterocycles. The van der Waals surface area contributed by atoms with Gasteiger partial charge in [0, 0.05) is 25.2 Å². The van der Waals surface area contributed by atoms with Gasteiger partial charge in [-0.2, -0.15) is 13.2 Å². The van der Waals surface area contributed by atoms with E-state index in [9.17, 15) is 22.4 Å². The van der Waals surface area contributed by atoms with Gasteiger partial charge >= 0.3 is 6.18 Å². The van der Waals surface area contributed by atoms with Gasteiger partial charge in [0.1, 0.15) is 11.9 Å². The fourth-order valence-electron chi connectivity index (χ4n) is 4.62. The molecule has 4 rings (SSSR count). The van der Waals surface area contributed by atoms with E-state index >= 15 is 0 Å². The molecule has 1 amide bonds. The Balaban J connectivity index is 1.47. The zero-order valence-electron chi connectivity index (χ0n) is 18.7. The molecule has 2 aliphatic rings. The minimum absolute atomic E-state index is 0.0847. The molecule has 0 radical (unpaired) electrons. The fraction of sp³-hybridized carbons (Fsp3) is 0.500. The van der Waals surface area contributed by atoms with E-state index in [0.29, 0.717) is 31.8 Å². The lowest BCUT2D eigenvalue weighted by Gasteiger charge is -2.39. The number of hydrogen-bond donors (Lipinski definition) is 1. The van der Waals surface area contributed by atoms with E-state index in [2.05, 4.69) is 9.88 Å². The average molecular weight is 500 g/mol. The largest absolute Gasteiger partial charge is 0.474 e. The summed E-state index contributed by atoms with van der Waals surface area (Å²) in [7, 11) is 0. The third-order valence-corrected chi connectivity index (χ3v) is 6.87. The van der Waals surface area contributed by atoms with Crippen molar-refractivity contribution in [2.75, 3.05) is 6.54 Å². The van der Waals surface area contributed by atoms with Crippen molar-refractivity contribution in [1.82, 2.24) is 9.88 Å². The highest BCUT2D eigenvalue weighted by Gasteiger charge is 2.35. The number of nitrogens with zero attached hydrogens (tertiary/aromatic N) is 2. The van der Waals surface area contributed by atoms with Crippen LogP contribution < -0.4 is 10.5 Å². The Morgan fingerprint density at radius 1 is 1.26 bits per heavy atom. The molecular weight excluding hydrogens is 474 g/mol. The molecule has 34 heavy (non-hydrogen) atoms. The van der Waals surface area contributed by atoms with Gasteiger partial charge < -0.3 is 10.5 Å². The highest BCUT2D eigenvalue weighted by Crippen LogP contribution is 2.43. The van der Waals surface area contributed by atoms with Crippen LogP contribution in [0.3, 0.4) is 0 Å². The van der Waals surface area contributed by atoms with Crippen LogP contribution in [0.5, 0.6) is 5.88 Å². The minimum atomic E-state index is -4.59. The van der Waals surface area contributed by atoms with Crippen LogP contribution in [0.2, 0.25) is 5.02 Å². The first kappa shape index (κ1) is 24.7. The number of primary amides is 1. The van der Waals surface area contributed by atoms with Crippen molar-refractivity contribution in [3.8, 4) is 5.88 Å². The van der Waals surface area contributed by atoms with Crippen LogP contribution in [0.15, 0.2) is 24.4 Å². The number of rotatable bonds is 7. The second kappa shape index (κ2) is 9.70. The van der Waals surface area contributed by atoms with Crippen LogP contribution in [-0.2, 0) is 12.7 Å². The van der Waals surface area contributed by atoms with E-state index in [1.165, 1.54) is 6.07 Å². The van der Waals surface area contributed by atoms with Gasteiger partial charge in [0.25, 0.3) is 5.91 Å². The monoisotopic (exact) mass is 499 g/mol. The molecule has 0 unspecified atom stereocenters. The summed E-state index contributed by atoms with van der Waals surface area (Å²) in [6, 6.07) is 3.94. The van der Waals surface area contributed by atoms with Crippen molar-refractivity contribution in [3.05, 3.63) is 57.5 Å².